The molecule has 0 spiro atoms. The molecule has 0 fully saturated rings. The number of amides is 1. The van der Waals surface area contributed by atoms with E-state index in [2.05, 4.69) is 4.98 Å². The molecule has 1 aromatic heterocycles. The van der Waals surface area contributed by atoms with Crippen molar-refractivity contribution in [3.63, 3.8) is 0 Å². The second kappa shape index (κ2) is 9.22. The molecule has 0 N–H and O–H groups in total. The van der Waals surface area contributed by atoms with Crippen LogP contribution in [0.1, 0.15) is 23.7 Å². The van der Waals surface area contributed by atoms with Gasteiger partial charge in [0.25, 0.3) is 5.91 Å². The van der Waals surface area contributed by atoms with Gasteiger partial charge in [0.2, 0.25) is 0 Å². The third-order valence-electron chi connectivity index (χ3n) is 3.89. The normalized spacial score (nSPS) is 11.8. The number of aromatic nitrogens is 2. The molecule has 6 nitrogen and oxygen atoms in total. The molecule has 2 aromatic rings. The van der Waals surface area contributed by atoms with Crippen LogP contribution in [0, 0.1) is 5.92 Å². The van der Waals surface area contributed by atoms with Crippen molar-refractivity contribution < 1.29 is 14.3 Å². The van der Waals surface area contributed by atoms with Crippen LogP contribution in [0.2, 0.25) is 5.02 Å². The number of benzene rings is 1. The molecule has 1 aromatic carbocycles. The second-order valence-corrected chi connectivity index (χ2v) is 6.22. The van der Waals surface area contributed by atoms with Crippen LogP contribution in [-0.4, -0.2) is 46.5 Å². The van der Waals surface area contributed by atoms with Gasteiger partial charge in [0.1, 0.15) is 0 Å². The summed E-state index contributed by atoms with van der Waals surface area (Å²) in [6.45, 7) is 3.26. The first-order valence-electron chi connectivity index (χ1n) is 8.10. The van der Waals surface area contributed by atoms with E-state index in [4.69, 9.17) is 16.3 Å². The predicted octanol–water partition coefficient (Wildman–Crippen LogP) is 2.88. The summed E-state index contributed by atoms with van der Waals surface area (Å²) in [5.41, 5.74) is 0.434. The zero-order chi connectivity index (χ0) is 18.2. The molecular weight excluding hydrogens is 342 g/mol. The van der Waals surface area contributed by atoms with Crippen molar-refractivity contribution in [2.24, 2.45) is 5.92 Å². The number of methoxy groups -OCH3 is 1. The van der Waals surface area contributed by atoms with E-state index in [0.29, 0.717) is 17.1 Å². The van der Waals surface area contributed by atoms with E-state index in [9.17, 15) is 9.59 Å². The van der Waals surface area contributed by atoms with E-state index in [1.54, 1.807) is 48.6 Å². The third kappa shape index (κ3) is 5.32. The van der Waals surface area contributed by atoms with E-state index in [-0.39, 0.29) is 18.4 Å². The van der Waals surface area contributed by atoms with Gasteiger partial charge in [-0.15, -0.1) is 0 Å². The Morgan fingerprint density at radius 3 is 2.76 bits per heavy atom. The zero-order valence-electron chi connectivity index (χ0n) is 14.4. The number of rotatable bonds is 8. The number of carbonyl (C=O) groups excluding carboxylic acids is 2. The van der Waals surface area contributed by atoms with Crippen LogP contribution < -0.4 is 0 Å². The topological polar surface area (TPSA) is 64.4 Å². The summed E-state index contributed by atoms with van der Waals surface area (Å²) < 4.78 is 6.72. The molecule has 0 radical (unpaired) electrons. The molecule has 1 heterocycles. The lowest BCUT2D eigenvalue weighted by Gasteiger charge is -2.25. The van der Waals surface area contributed by atoms with Crippen molar-refractivity contribution in [1.29, 1.82) is 0 Å². The largest absolute Gasteiger partial charge is 0.469 e. The number of ether oxygens (including phenoxy) is 1. The van der Waals surface area contributed by atoms with Crippen molar-refractivity contribution in [3.05, 3.63) is 53.6 Å². The Labute approximate surface area is 152 Å². The molecule has 0 bridgehead atoms. The van der Waals surface area contributed by atoms with Gasteiger partial charge in [0.05, 0.1) is 29.9 Å². The van der Waals surface area contributed by atoms with E-state index in [1.165, 1.54) is 7.11 Å². The number of halogens is 1. The Morgan fingerprint density at radius 2 is 2.12 bits per heavy atom. The summed E-state index contributed by atoms with van der Waals surface area (Å²) in [6, 6.07) is 6.92. The highest BCUT2D eigenvalue weighted by atomic mass is 35.5. The van der Waals surface area contributed by atoms with Gasteiger partial charge in [-0.3, -0.25) is 9.59 Å². The third-order valence-corrected chi connectivity index (χ3v) is 4.22. The highest BCUT2D eigenvalue weighted by molar-refractivity contribution is 6.33. The highest BCUT2D eigenvalue weighted by Gasteiger charge is 2.23. The molecule has 1 atom stereocenters. The number of nitrogens with zero attached hydrogens (tertiary/aromatic N) is 3. The molecule has 0 aliphatic heterocycles. The lowest BCUT2D eigenvalue weighted by molar-refractivity contribution is -0.145. The Hall–Kier alpha value is -2.34. The van der Waals surface area contributed by atoms with Gasteiger partial charge >= 0.3 is 5.97 Å². The number of hydrogen-bond acceptors (Lipinski definition) is 4. The average molecular weight is 364 g/mol. The van der Waals surface area contributed by atoms with Gasteiger partial charge in [-0.2, -0.15) is 0 Å². The van der Waals surface area contributed by atoms with Crippen LogP contribution >= 0.6 is 11.6 Å². The molecule has 25 heavy (non-hydrogen) atoms. The summed E-state index contributed by atoms with van der Waals surface area (Å²) in [5.74, 6) is -0.941. The standard InChI is InChI=1S/C18H22ClN3O3/c1-14(18(24)25-2)12-22(10-5-9-21-11-8-20-13-21)17(23)15-6-3-4-7-16(15)19/h3-4,6-8,11,13-14H,5,9-10,12H2,1-2H3. The minimum atomic E-state index is -0.412. The Bertz CT molecular complexity index is 703. The second-order valence-electron chi connectivity index (χ2n) is 5.81. The van der Waals surface area contributed by atoms with Crippen LogP contribution in [0.25, 0.3) is 0 Å². The Kier molecular flexibility index (Phi) is 7.01. The maximum atomic E-state index is 12.9. The predicted molar refractivity (Wildman–Crippen MR) is 95.4 cm³/mol. The minimum Gasteiger partial charge on any atom is -0.469 e. The molecule has 0 aliphatic carbocycles. The van der Waals surface area contributed by atoms with Crippen LogP contribution in [0.5, 0.6) is 0 Å². The van der Waals surface area contributed by atoms with Gasteiger partial charge in [-0.1, -0.05) is 30.7 Å². The monoisotopic (exact) mass is 363 g/mol. The van der Waals surface area contributed by atoms with E-state index >= 15 is 0 Å². The van der Waals surface area contributed by atoms with E-state index in [0.717, 1.165) is 13.0 Å². The molecule has 2 rings (SSSR count). The first-order chi connectivity index (χ1) is 12.0. The maximum absolute atomic E-state index is 12.9. The van der Waals surface area contributed by atoms with Gasteiger partial charge < -0.3 is 14.2 Å². The van der Waals surface area contributed by atoms with Gasteiger partial charge in [-0.25, -0.2) is 4.98 Å². The summed E-state index contributed by atoms with van der Waals surface area (Å²) in [4.78, 5) is 30.3. The quantitative estimate of drug-likeness (QED) is 0.676. The molecule has 1 unspecified atom stereocenters. The first-order valence-corrected chi connectivity index (χ1v) is 8.48. The zero-order valence-corrected chi connectivity index (χ0v) is 15.1. The lowest BCUT2D eigenvalue weighted by atomic mass is 10.1. The number of aryl methyl sites for hydroxylation is 1. The molecule has 0 aliphatic rings. The van der Waals surface area contributed by atoms with Crippen LogP contribution in [0.15, 0.2) is 43.0 Å². The van der Waals surface area contributed by atoms with Crippen molar-refractivity contribution in [2.45, 2.75) is 19.9 Å². The fourth-order valence-corrected chi connectivity index (χ4v) is 2.77. The van der Waals surface area contributed by atoms with Crippen LogP contribution in [0.3, 0.4) is 0 Å². The van der Waals surface area contributed by atoms with E-state index < -0.39 is 5.92 Å². The lowest BCUT2D eigenvalue weighted by Crippen LogP contribution is -2.38. The number of imidazole rings is 1. The molecular formula is C18H22ClN3O3. The Morgan fingerprint density at radius 1 is 1.36 bits per heavy atom. The van der Waals surface area contributed by atoms with Gasteiger partial charge in [0, 0.05) is 32.0 Å². The van der Waals surface area contributed by atoms with Crippen molar-refractivity contribution in [1.82, 2.24) is 14.5 Å². The van der Waals surface area contributed by atoms with Crippen LogP contribution in [0.4, 0.5) is 0 Å². The molecule has 0 saturated carbocycles. The fraction of sp³-hybridized carbons (Fsp3) is 0.389. The van der Waals surface area contributed by atoms with Crippen molar-refractivity contribution in [2.75, 3.05) is 20.2 Å². The smallest absolute Gasteiger partial charge is 0.310 e. The number of carbonyl (C=O) groups is 2. The fourth-order valence-electron chi connectivity index (χ4n) is 2.55. The van der Waals surface area contributed by atoms with Gasteiger partial charge in [-0.05, 0) is 18.6 Å². The highest BCUT2D eigenvalue weighted by Crippen LogP contribution is 2.18. The summed E-state index contributed by atoms with van der Waals surface area (Å²) in [6.07, 6.45) is 6.06. The number of esters is 1. The first kappa shape index (κ1) is 19.0. The Balaban J connectivity index is 2.08. The molecule has 7 heteroatoms. The minimum absolute atomic E-state index is 0.188. The van der Waals surface area contributed by atoms with Gasteiger partial charge in [0.15, 0.2) is 0 Å². The number of hydrogen-bond donors (Lipinski definition) is 0. The summed E-state index contributed by atoms with van der Waals surface area (Å²) in [7, 11) is 1.35. The SMILES string of the molecule is COC(=O)C(C)CN(CCCn1ccnc1)C(=O)c1ccccc1Cl. The van der Waals surface area contributed by atoms with Crippen LogP contribution in [-0.2, 0) is 16.1 Å². The maximum Gasteiger partial charge on any atom is 0.310 e. The summed E-state index contributed by atoms with van der Waals surface area (Å²) >= 11 is 6.15. The average Bonchev–Trinajstić information content (AvgIpc) is 3.13. The van der Waals surface area contributed by atoms with Crippen molar-refractivity contribution in [3.8, 4) is 0 Å². The summed E-state index contributed by atoms with van der Waals surface area (Å²) in [5, 5.41) is 0.401. The molecule has 1 amide bonds. The molecule has 134 valence electrons. The molecule has 0 saturated heterocycles. The van der Waals surface area contributed by atoms with Crippen molar-refractivity contribution >= 4 is 23.5 Å². The van der Waals surface area contributed by atoms with E-state index in [1.807, 2.05) is 10.8 Å².